The predicted molar refractivity (Wildman–Crippen MR) is 72.1 cm³/mol. The summed E-state index contributed by atoms with van der Waals surface area (Å²) in [5.74, 6) is -1.03. The molecule has 0 spiro atoms. The van der Waals surface area contributed by atoms with Gasteiger partial charge in [-0.25, -0.2) is 4.79 Å². The maximum Gasteiger partial charge on any atom is 0.342 e. The number of aromatic carboxylic acids is 1. The summed E-state index contributed by atoms with van der Waals surface area (Å²) < 4.78 is 0. The zero-order valence-corrected chi connectivity index (χ0v) is 10.9. The topological polar surface area (TPSA) is 104 Å². The maximum atomic E-state index is 11.0. The van der Waals surface area contributed by atoms with Crippen LogP contribution in [-0.4, -0.2) is 40.8 Å². The number of rotatable bonds is 4. The fourth-order valence-electron chi connectivity index (χ4n) is 2.42. The van der Waals surface area contributed by atoms with Crippen molar-refractivity contribution in [3.63, 3.8) is 0 Å². The zero-order valence-electron chi connectivity index (χ0n) is 10.9. The van der Waals surface area contributed by atoms with Crippen LogP contribution >= 0.6 is 0 Å². The molecule has 2 N–H and O–H groups in total. The molecule has 1 saturated heterocycles. The van der Waals surface area contributed by atoms with Crippen molar-refractivity contribution in [2.24, 2.45) is 5.92 Å². The Bertz CT molecular complexity index is 523. The summed E-state index contributed by atoms with van der Waals surface area (Å²) in [5.41, 5.74) is -0.0404. The van der Waals surface area contributed by atoms with E-state index in [0.29, 0.717) is 18.8 Å². The molecule has 1 fully saturated rings. The number of anilines is 1. The fraction of sp³-hybridized carbons (Fsp3) is 0.462. The first kappa shape index (κ1) is 14.3. The first-order valence-corrected chi connectivity index (χ1v) is 6.40. The van der Waals surface area contributed by atoms with E-state index in [-0.39, 0.29) is 23.8 Å². The average Bonchev–Trinajstić information content (AvgIpc) is 2.46. The van der Waals surface area contributed by atoms with Crippen LogP contribution in [0.4, 0.5) is 11.4 Å². The minimum Gasteiger partial charge on any atom is -0.477 e. The number of piperidine rings is 1. The van der Waals surface area contributed by atoms with Gasteiger partial charge in [0.15, 0.2) is 0 Å². The van der Waals surface area contributed by atoms with Crippen molar-refractivity contribution >= 4 is 17.3 Å². The number of carboxylic acids is 1. The average molecular weight is 280 g/mol. The van der Waals surface area contributed by atoms with Gasteiger partial charge >= 0.3 is 5.97 Å². The minimum absolute atomic E-state index is 0.159. The molecule has 0 aromatic heterocycles. The van der Waals surface area contributed by atoms with Crippen molar-refractivity contribution < 1.29 is 19.9 Å². The molecule has 1 aromatic rings. The molecule has 1 heterocycles. The summed E-state index contributed by atoms with van der Waals surface area (Å²) in [7, 11) is 0. The van der Waals surface area contributed by atoms with Gasteiger partial charge in [0.2, 0.25) is 0 Å². The molecule has 0 bridgehead atoms. The van der Waals surface area contributed by atoms with Gasteiger partial charge in [0.05, 0.1) is 4.92 Å². The number of carbonyl (C=O) groups is 1. The van der Waals surface area contributed by atoms with Crippen LogP contribution < -0.4 is 4.90 Å². The Hall–Kier alpha value is -2.15. The van der Waals surface area contributed by atoms with Crippen molar-refractivity contribution in [3.05, 3.63) is 33.9 Å². The second-order valence-corrected chi connectivity index (χ2v) is 4.88. The number of carboxylic acid groups (broad SMARTS) is 1. The van der Waals surface area contributed by atoms with Gasteiger partial charge in [-0.15, -0.1) is 0 Å². The highest BCUT2D eigenvalue weighted by molar-refractivity contribution is 5.93. The molecular weight excluding hydrogens is 264 g/mol. The van der Waals surface area contributed by atoms with Gasteiger partial charge in [0.25, 0.3) is 5.69 Å². The molecule has 0 saturated carbocycles. The highest BCUT2D eigenvalue weighted by Gasteiger charge is 2.24. The third kappa shape index (κ3) is 2.88. The van der Waals surface area contributed by atoms with Gasteiger partial charge in [-0.3, -0.25) is 10.1 Å². The molecule has 1 aliphatic heterocycles. The lowest BCUT2D eigenvalue weighted by molar-refractivity contribution is -0.385. The predicted octanol–water partition coefficient (Wildman–Crippen LogP) is 1.50. The van der Waals surface area contributed by atoms with E-state index >= 15 is 0 Å². The molecule has 1 aromatic carbocycles. The number of benzene rings is 1. The number of nitro groups is 1. The monoisotopic (exact) mass is 280 g/mol. The minimum atomic E-state index is -1.30. The quantitative estimate of drug-likeness (QED) is 0.639. The summed E-state index contributed by atoms with van der Waals surface area (Å²) in [6, 6.07) is 4.17. The second kappa shape index (κ2) is 5.87. The van der Waals surface area contributed by atoms with Crippen LogP contribution in [0, 0.1) is 16.0 Å². The standard InChI is InChI=1S/C13H16N2O5/c16-8-9-3-5-14(6-4-9)10-1-2-11(13(17)18)12(7-10)15(19)20/h1-2,7,9,16H,3-6,8H2,(H,17,18). The largest absolute Gasteiger partial charge is 0.477 e. The second-order valence-electron chi connectivity index (χ2n) is 4.88. The van der Waals surface area contributed by atoms with Crippen LogP contribution in [0.2, 0.25) is 0 Å². The zero-order chi connectivity index (χ0) is 14.7. The van der Waals surface area contributed by atoms with Crippen molar-refractivity contribution in [3.8, 4) is 0 Å². The molecule has 1 aliphatic rings. The Morgan fingerprint density at radius 2 is 2.05 bits per heavy atom. The van der Waals surface area contributed by atoms with Crippen molar-refractivity contribution in [1.29, 1.82) is 0 Å². The Labute approximate surface area is 115 Å². The van der Waals surface area contributed by atoms with E-state index in [4.69, 9.17) is 10.2 Å². The van der Waals surface area contributed by atoms with Crippen LogP contribution in [0.3, 0.4) is 0 Å². The number of nitrogens with zero attached hydrogens (tertiary/aromatic N) is 2. The van der Waals surface area contributed by atoms with E-state index in [0.717, 1.165) is 12.8 Å². The third-order valence-corrected chi connectivity index (χ3v) is 3.65. The van der Waals surface area contributed by atoms with E-state index in [1.807, 2.05) is 4.90 Å². The van der Waals surface area contributed by atoms with Gasteiger partial charge in [-0.1, -0.05) is 0 Å². The molecule has 7 heteroatoms. The molecule has 0 atom stereocenters. The summed E-state index contributed by atoms with van der Waals surface area (Å²) in [4.78, 5) is 23.2. The number of hydrogen-bond acceptors (Lipinski definition) is 5. The SMILES string of the molecule is O=C(O)c1ccc(N2CCC(CO)CC2)cc1[N+](=O)[O-]. The Morgan fingerprint density at radius 1 is 1.40 bits per heavy atom. The van der Waals surface area contributed by atoms with E-state index < -0.39 is 10.9 Å². The lowest BCUT2D eigenvalue weighted by Gasteiger charge is -2.32. The molecule has 2 rings (SSSR count). The van der Waals surface area contributed by atoms with Crippen LogP contribution in [0.1, 0.15) is 23.2 Å². The normalized spacial score (nSPS) is 16.1. The highest BCUT2D eigenvalue weighted by Crippen LogP contribution is 2.28. The van der Waals surface area contributed by atoms with Crippen molar-refractivity contribution in [2.75, 3.05) is 24.6 Å². The van der Waals surface area contributed by atoms with Gasteiger partial charge in [0.1, 0.15) is 5.56 Å². The fourth-order valence-corrected chi connectivity index (χ4v) is 2.42. The maximum absolute atomic E-state index is 11.0. The molecule has 0 radical (unpaired) electrons. The smallest absolute Gasteiger partial charge is 0.342 e. The summed E-state index contributed by atoms with van der Waals surface area (Å²) in [5, 5.41) is 29.0. The van der Waals surface area contributed by atoms with Crippen LogP contribution in [-0.2, 0) is 0 Å². The van der Waals surface area contributed by atoms with Gasteiger partial charge in [0, 0.05) is 31.5 Å². The van der Waals surface area contributed by atoms with Gasteiger partial charge in [-0.05, 0) is 30.9 Å². The summed E-state index contributed by atoms with van der Waals surface area (Å²) in [6.45, 7) is 1.57. The van der Waals surface area contributed by atoms with Crippen LogP contribution in [0.25, 0.3) is 0 Å². The molecule has 7 nitrogen and oxygen atoms in total. The van der Waals surface area contributed by atoms with E-state index in [1.165, 1.54) is 12.1 Å². The first-order valence-electron chi connectivity index (χ1n) is 6.40. The van der Waals surface area contributed by atoms with Crippen molar-refractivity contribution in [1.82, 2.24) is 0 Å². The van der Waals surface area contributed by atoms with Gasteiger partial charge in [-0.2, -0.15) is 0 Å². The third-order valence-electron chi connectivity index (χ3n) is 3.65. The lowest BCUT2D eigenvalue weighted by Crippen LogP contribution is -2.34. The van der Waals surface area contributed by atoms with E-state index in [2.05, 4.69) is 0 Å². The Kier molecular flexibility index (Phi) is 4.19. The number of hydrogen-bond donors (Lipinski definition) is 2. The van der Waals surface area contributed by atoms with Gasteiger partial charge < -0.3 is 15.1 Å². The number of aliphatic hydroxyl groups excluding tert-OH is 1. The summed E-state index contributed by atoms with van der Waals surface area (Å²) in [6.07, 6.45) is 1.65. The van der Waals surface area contributed by atoms with E-state index in [1.54, 1.807) is 6.07 Å². The number of aliphatic hydroxyl groups is 1. The molecule has 0 unspecified atom stereocenters. The highest BCUT2D eigenvalue weighted by atomic mass is 16.6. The Balaban J connectivity index is 2.24. The molecule has 20 heavy (non-hydrogen) atoms. The summed E-state index contributed by atoms with van der Waals surface area (Å²) >= 11 is 0. The molecule has 0 amide bonds. The van der Waals surface area contributed by atoms with E-state index in [9.17, 15) is 14.9 Å². The lowest BCUT2D eigenvalue weighted by atomic mass is 9.97. The van der Waals surface area contributed by atoms with Crippen LogP contribution in [0.5, 0.6) is 0 Å². The van der Waals surface area contributed by atoms with Crippen LogP contribution in [0.15, 0.2) is 18.2 Å². The first-order chi connectivity index (χ1) is 9.52. The number of nitro benzene ring substituents is 1. The molecule has 108 valence electrons. The molecule has 0 aliphatic carbocycles. The van der Waals surface area contributed by atoms with Crippen molar-refractivity contribution in [2.45, 2.75) is 12.8 Å². The Morgan fingerprint density at radius 3 is 2.55 bits per heavy atom. The molecular formula is C13H16N2O5.